The zero-order chi connectivity index (χ0) is 13.0. The number of aromatic nitrogens is 1. The van der Waals surface area contributed by atoms with Crippen LogP contribution in [0.4, 0.5) is 0 Å². The molecule has 0 unspecified atom stereocenters. The van der Waals surface area contributed by atoms with Crippen LogP contribution in [0.2, 0.25) is 0 Å². The van der Waals surface area contributed by atoms with E-state index in [-0.39, 0.29) is 0 Å². The van der Waals surface area contributed by atoms with Crippen LogP contribution in [0.3, 0.4) is 0 Å². The molecule has 0 saturated carbocycles. The number of carbonyl (C=O) groups excluding carboxylic acids is 1. The van der Waals surface area contributed by atoms with Crippen LogP contribution in [0, 0.1) is 13.8 Å². The Morgan fingerprint density at radius 1 is 1.22 bits per heavy atom. The lowest BCUT2D eigenvalue weighted by Gasteiger charge is -2.00. The van der Waals surface area contributed by atoms with Crippen LogP contribution in [-0.2, 0) is 9.53 Å². The molecule has 0 spiro atoms. The first-order valence-electron chi connectivity index (χ1n) is 5.50. The first kappa shape index (κ1) is 12.1. The molecule has 18 heavy (non-hydrogen) atoms. The molecule has 0 radical (unpaired) electrons. The molecule has 4 heteroatoms. The van der Waals surface area contributed by atoms with Crippen LogP contribution in [-0.4, -0.2) is 11.5 Å². The van der Waals surface area contributed by atoms with Crippen LogP contribution in [0.1, 0.15) is 17.1 Å². The van der Waals surface area contributed by atoms with E-state index >= 15 is 0 Å². The third-order valence-corrected chi connectivity index (χ3v) is 2.36. The fourth-order valence-corrected chi connectivity index (χ4v) is 1.71. The molecule has 2 aromatic heterocycles. The summed E-state index contributed by atoms with van der Waals surface area (Å²) in [5, 5.41) is 0. The van der Waals surface area contributed by atoms with Crippen LogP contribution >= 0.6 is 0 Å². The van der Waals surface area contributed by atoms with Gasteiger partial charge in [-0.2, -0.15) is 0 Å². The summed E-state index contributed by atoms with van der Waals surface area (Å²) in [6.45, 7) is 4.24. The highest BCUT2D eigenvalue weighted by Gasteiger charge is 2.05. The summed E-state index contributed by atoms with van der Waals surface area (Å²) in [5.74, 6) is 1.38. The van der Waals surface area contributed by atoms with Gasteiger partial charge >= 0.3 is 0 Å². The van der Waals surface area contributed by atoms with Crippen LogP contribution in [0.25, 0.3) is 17.4 Å². The fraction of sp³-hybridized carbons (Fsp3) is 0.143. The van der Waals surface area contributed by atoms with Crippen LogP contribution < -0.4 is 0 Å². The summed E-state index contributed by atoms with van der Waals surface area (Å²) in [7, 11) is 0. The first-order valence-corrected chi connectivity index (χ1v) is 5.50. The van der Waals surface area contributed by atoms with Crippen molar-refractivity contribution in [2.75, 3.05) is 0 Å². The summed E-state index contributed by atoms with van der Waals surface area (Å²) >= 11 is 0. The summed E-state index contributed by atoms with van der Waals surface area (Å²) < 4.78 is 10.1. The van der Waals surface area contributed by atoms with Crippen LogP contribution in [0.5, 0.6) is 0 Å². The predicted octanol–water partition coefficient (Wildman–Crippen LogP) is 3.10. The lowest BCUT2D eigenvalue weighted by atomic mass is 10.1. The van der Waals surface area contributed by atoms with Gasteiger partial charge in [0.05, 0.1) is 6.26 Å². The number of carbonyl (C=O) groups is 1. The summed E-state index contributed by atoms with van der Waals surface area (Å²) in [6.07, 6.45) is 2.86. The van der Waals surface area contributed by atoms with Crippen molar-refractivity contribution in [3.8, 4) is 11.3 Å². The molecule has 0 aromatic carbocycles. The Bertz CT molecular complexity index is 564. The van der Waals surface area contributed by atoms with Crippen molar-refractivity contribution >= 4 is 12.5 Å². The van der Waals surface area contributed by atoms with Gasteiger partial charge in [0, 0.05) is 23.0 Å². The van der Waals surface area contributed by atoms with Crippen molar-refractivity contribution in [2.24, 2.45) is 0 Å². The quantitative estimate of drug-likeness (QED) is 0.611. The van der Waals surface area contributed by atoms with E-state index in [2.05, 4.69) is 9.72 Å². The highest BCUT2D eigenvalue weighted by Crippen LogP contribution is 2.23. The van der Waals surface area contributed by atoms with Crippen LogP contribution in [0.15, 0.2) is 34.9 Å². The highest BCUT2D eigenvalue weighted by atomic mass is 16.5. The van der Waals surface area contributed by atoms with E-state index in [4.69, 9.17) is 4.42 Å². The molecule has 4 nitrogen and oxygen atoms in total. The minimum absolute atomic E-state index is 0.357. The average molecular weight is 243 g/mol. The molecule has 0 bridgehead atoms. The van der Waals surface area contributed by atoms with E-state index in [9.17, 15) is 4.79 Å². The molecule has 0 aliphatic carbocycles. The zero-order valence-corrected chi connectivity index (χ0v) is 10.2. The Kier molecular flexibility index (Phi) is 3.57. The van der Waals surface area contributed by atoms with Gasteiger partial charge in [-0.3, -0.25) is 9.78 Å². The Hall–Kier alpha value is -2.36. The standard InChI is InChI=1S/C14H13NO3/c1-10-7-12(8-11(2)15-10)14-4-3-13(18-14)5-6-17-9-16/h3-9H,1-2H3/b6-5+. The van der Waals surface area contributed by atoms with Gasteiger partial charge in [-0.15, -0.1) is 0 Å². The van der Waals surface area contributed by atoms with Crippen molar-refractivity contribution in [2.45, 2.75) is 13.8 Å². The van der Waals surface area contributed by atoms with Crippen molar-refractivity contribution in [3.05, 3.63) is 47.7 Å². The summed E-state index contributed by atoms with van der Waals surface area (Å²) in [4.78, 5) is 14.3. The first-order chi connectivity index (χ1) is 8.69. The largest absolute Gasteiger partial charge is 0.457 e. The molecule has 0 aliphatic rings. The molecular weight excluding hydrogens is 230 g/mol. The monoisotopic (exact) mass is 243 g/mol. The summed E-state index contributed by atoms with van der Waals surface area (Å²) in [6, 6.07) is 7.60. The highest BCUT2D eigenvalue weighted by molar-refractivity contribution is 5.60. The van der Waals surface area contributed by atoms with E-state index in [1.165, 1.54) is 6.26 Å². The SMILES string of the molecule is Cc1cc(-c2ccc(/C=C/OC=O)o2)cc(C)n1. The smallest absolute Gasteiger partial charge is 0.297 e. The normalized spacial score (nSPS) is 10.8. The van der Waals surface area contributed by atoms with Crippen molar-refractivity contribution in [3.63, 3.8) is 0 Å². The Morgan fingerprint density at radius 3 is 2.61 bits per heavy atom. The zero-order valence-electron chi connectivity index (χ0n) is 10.2. The second-order valence-electron chi connectivity index (χ2n) is 3.88. The molecule has 0 N–H and O–H groups in total. The molecule has 0 fully saturated rings. The van der Waals surface area contributed by atoms with Gasteiger partial charge in [0.1, 0.15) is 11.5 Å². The number of furan rings is 1. The van der Waals surface area contributed by atoms with Gasteiger partial charge in [-0.25, -0.2) is 0 Å². The maximum Gasteiger partial charge on any atom is 0.297 e. The van der Waals surface area contributed by atoms with E-state index in [1.807, 2.05) is 38.1 Å². The van der Waals surface area contributed by atoms with E-state index in [0.717, 1.165) is 22.7 Å². The van der Waals surface area contributed by atoms with Crippen molar-refractivity contribution in [1.29, 1.82) is 0 Å². The van der Waals surface area contributed by atoms with Gasteiger partial charge in [-0.1, -0.05) is 0 Å². The maximum absolute atomic E-state index is 9.99. The second-order valence-corrected chi connectivity index (χ2v) is 3.88. The van der Waals surface area contributed by atoms with Gasteiger partial charge in [0.15, 0.2) is 0 Å². The van der Waals surface area contributed by atoms with Crippen molar-refractivity contribution in [1.82, 2.24) is 4.98 Å². The molecule has 2 rings (SSSR count). The molecule has 2 aromatic rings. The number of nitrogens with zero attached hydrogens (tertiary/aromatic N) is 1. The summed E-state index contributed by atoms with van der Waals surface area (Å²) in [5.41, 5.74) is 2.88. The number of pyridine rings is 1. The predicted molar refractivity (Wildman–Crippen MR) is 67.6 cm³/mol. The number of aryl methyl sites for hydroxylation is 2. The molecule has 2 heterocycles. The molecule has 92 valence electrons. The molecule has 0 saturated heterocycles. The maximum atomic E-state index is 9.99. The second kappa shape index (κ2) is 5.31. The number of ether oxygens (including phenoxy) is 1. The molecular formula is C14H13NO3. The average Bonchev–Trinajstić information content (AvgIpc) is 2.77. The minimum Gasteiger partial charge on any atom is -0.457 e. The number of rotatable bonds is 4. The molecule has 0 aliphatic heterocycles. The minimum atomic E-state index is 0.357. The van der Waals surface area contributed by atoms with E-state index in [1.54, 1.807) is 6.08 Å². The van der Waals surface area contributed by atoms with Crippen molar-refractivity contribution < 1.29 is 13.9 Å². The lowest BCUT2D eigenvalue weighted by Crippen LogP contribution is -1.86. The number of hydrogen-bond donors (Lipinski definition) is 0. The van der Waals surface area contributed by atoms with Gasteiger partial charge in [0.2, 0.25) is 0 Å². The van der Waals surface area contributed by atoms with E-state index < -0.39 is 0 Å². The molecule has 0 amide bonds. The topological polar surface area (TPSA) is 52.3 Å². The Morgan fingerprint density at radius 2 is 1.94 bits per heavy atom. The fourth-order valence-electron chi connectivity index (χ4n) is 1.71. The Labute approximate surface area is 105 Å². The van der Waals surface area contributed by atoms with Gasteiger partial charge in [0.25, 0.3) is 6.47 Å². The molecule has 0 atom stereocenters. The number of hydrogen-bond acceptors (Lipinski definition) is 4. The third kappa shape index (κ3) is 2.85. The third-order valence-electron chi connectivity index (χ3n) is 2.36. The van der Waals surface area contributed by atoms with Gasteiger partial charge in [-0.05, 0) is 38.1 Å². The van der Waals surface area contributed by atoms with E-state index in [0.29, 0.717) is 12.2 Å². The lowest BCUT2D eigenvalue weighted by molar-refractivity contribution is -0.123. The Balaban J connectivity index is 2.26. The van der Waals surface area contributed by atoms with Gasteiger partial charge < -0.3 is 9.15 Å².